The molecule has 0 saturated carbocycles. The van der Waals surface area contributed by atoms with E-state index < -0.39 is 5.91 Å². The lowest BCUT2D eigenvalue weighted by Gasteiger charge is -2.14. The number of hydrogen-bond acceptors (Lipinski definition) is 7. The third-order valence-electron chi connectivity index (χ3n) is 5.19. The van der Waals surface area contributed by atoms with Gasteiger partial charge in [-0.15, -0.1) is 0 Å². The van der Waals surface area contributed by atoms with Crippen molar-refractivity contribution < 1.29 is 19.0 Å². The second-order valence-corrected chi connectivity index (χ2v) is 8.31. The monoisotopic (exact) mass is 497 g/mol. The van der Waals surface area contributed by atoms with Gasteiger partial charge in [0.25, 0.3) is 17.2 Å². The van der Waals surface area contributed by atoms with E-state index in [0.717, 1.165) is 0 Å². The molecule has 4 rings (SSSR count). The zero-order valence-corrected chi connectivity index (χ0v) is 20.4. The van der Waals surface area contributed by atoms with Crippen molar-refractivity contribution in [3.8, 4) is 17.2 Å². The van der Waals surface area contributed by atoms with Gasteiger partial charge < -0.3 is 19.5 Å². The molecule has 2 heterocycles. The number of amides is 1. The van der Waals surface area contributed by atoms with Crippen LogP contribution in [0.2, 0.25) is 5.02 Å². The summed E-state index contributed by atoms with van der Waals surface area (Å²) in [6.45, 7) is 3.88. The largest absolute Gasteiger partial charge is 0.493 e. The van der Waals surface area contributed by atoms with Crippen molar-refractivity contribution in [2.24, 2.45) is 0 Å². The van der Waals surface area contributed by atoms with Gasteiger partial charge in [0.2, 0.25) is 0 Å². The molecular formula is C24H24ClN5O5. The molecule has 1 amide bonds. The molecule has 10 nitrogen and oxygen atoms in total. The molecule has 0 saturated heterocycles. The van der Waals surface area contributed by atoms with Crippen LogP contribution in [0.3, 0.4) is 0 Å². The van der Waals surface area contributed by atoms with Crippen LogP contribution in [0.4, 0.5) is 5.69 Å². The summed E-state index contributed by atoms with van der Waals surface area (Å²) in [6.07, 6.45) is 1.57. The minimum Gasteiger partial charge on any atom is -0.493 e. The normalized spacial score (nSPS) is 11.0. The molecule has 0 aliphatic carbocycles. The Kier molecular flexibility index (Phi) is 6.92. The molecule has 4 aromatic rings. The van der Waals surface area contributed by atoms with Crippen molar-refractivity contribution in [3.63, 3.8) is 0 Å². The fourth-order valence-electron chi connectivity index (χ4n) is 3.46. The van der Waals surface area contributed by atoms with E-state index in [-0.39, 0.29) is 24.0 Å². The number of nitrogens with zero attached hydrogens (tertiary/aromatic N) is 4. The van der Waals surface area contributed by atoms with Gasteiger partial charge in [0.15, 0.2) is 11.5 Å². The van der Waals surface area contributed by atoms with Crippen LogP contribution in [0.1, 0.15) is 35.9 Å². The highest BCUT2D eigenvalue weighted by atomic mass is 35.5. The van der Waals surface area contributed by atoms with Crippen molar-refractivity contribution in [2.45, 2.75) is 26.5 Å². The van der Waals surface area contributed by atoms with Crippen LogP contribution in [0.15, 0.2) is 53.6 Å². The number of benzene rings is 2. The summed E-state index contributed by atoms with van der Waals surface area (Å²) >= 11 is 6.15. The maximum atomic E-state index is 12.9. The van der Waals surface area contributed by atoms with E-state index >= 15 is 0 Å². The number of anilines is 1. The van der Waals surface area contributed by atoms with E-state index in [1.165, 1.54) is 24.8 Å². The molecule has 182 valence electrons. The average Bonchev–Trinajstić information content (AvgIpc) is 3.28. The lowest BCUT2D eigenvalue weighted by molar-refractivity contribution is 0.102. The molecular weight excluding hydrogens is 474 g/mol. The number of carbonyl (C=O) groups is 1. The predicted octanol–water partition coefficient (Wildman–Crippen LogP) is 3.97. The number of nitrogens with one attached hydrogen (secondary N) is 1. The van der Waals surface area contributed by atoms with Gasteiger partial charge in [0, 0.05) is 22.7 Å². The van der Waals surface area contributed by atoms with Crippen molar-refractivity contribution in [2.75, 3.05) is 19.5 Å². The van der Waals surface area contributed by atoms with Crippen LogP contribution in [0, 0.1) is 0 Å². The van der Waals surface area contributed by atoms with Crippen molar-refractivity contribution in [1.82, 2.24) is 19.2 Å². The van der Waals surface area contributed by atoms with Gasteiger partial charge in [-0.3, -0.25) is 14.3 Å². The quantitative estimate of drug-likeness (QED) is 0.392. The first-order valence-electron chi connectivity index (χ1n) is 10.7. The molecule has 11 heteroatoms. The number of methoxy groups -OCH3 is 2. The van der Waals surface area contributed by atoms with E-state index in [2.05, 4.69) is 15.3 Å². The van der Waals surface area contributed by atoms with Gasteiger partial charge >= 0.3 is 0 Å². The summed E-state index contributed by atoms with van der Waals surface area (Å²) in [4.78, 5) is 34.1. The van der Waals surface area contributed by atoms with E-state index in [9.17, 15) is 9.59 Å². The number of fused-ring (bicyclic) bond motifs is 1. The Morgan fingerprint density at radius 2 is 1.80 bits per heavy atom. The van der Waals surface area contributed by atoms with Gasteiger partial charge in [-0.2, -0.15) is 9.50 Å². The van der Waals surface area contributed by atoms with Gasteiger partial charge in [0.05, 0.1) is 25.6 Å². The summed E-state index contributed by atoms with van der Waals surface area (Å²) < 4.78 is 19.5. The number of rotatable bonds is 8. The Balaban J connectivity index is 1.55. The van der Waals surface area contributed by atoms with Gasteiger partial charge in [-0.1, -0.05) is 11.6 Å². The third kappa shape index (κ3) is 5.07. The first-order chi connectivity index (χ1) is 16.8. The van der Waals surface area contributed by atoms with Gasteiger partial charge in [-0.05, 0) is 50.2 Å². The van der Waals surface area contributed by atoms with Crippen LogP contribution in [-0.2, 0) is 6.61 Å². The molecule has 0 aliphatic heterocycles. The molecule has 0 atom stereocenters. The van der Waals surface area contributed by atoms with E-state index in [4.69, 9.17) is 25.8 Å². The predicted molar refractivity (Wildman–Crippen MR) is 131 cm³/mol. The molecule has 2 aromatic carbocycles. The van der Waals surface area contributed by atoms with Crippen LogP contribution in [-0.4, -0.2) is 39.3 Å². The van der Waals surface area contributed by atoms with Crippen LogP contribution >= 0.6 is 11.6 Å². The number of carbonyl (C=O) groups excluding carboxylic acids is 1. The summed E-state index contributed by atoms with van der Waals surface area (Å²) in [5.41, 5.74) is 0.850. The highest BCUT2D eigenvalue weighted by molar-refractivity contribution is 6.31. The van der Waals surface area contributed by atoms with Gasteiger partial charge in [0.1, 0.15) is 18.7 Å². The first kappa shape index (κ1) is 24.1. The summed E-state index contributed by atoms with van der Waals surface area (Å²) in [5, 5.41) is 3.22. The number of halogens is 1. The summed E-state index contributed by atoms with van der Waals surface area (Å²) in [6, 6.07) is 11.1. The topological polar surface area (TPSA) is 109 Å². The van der Waals surface area contributed by atoms with Crippen molar-refractivity contribution in [1.29, 1.82) is 0 Å². The van der Waals surface area contributed by atoms with E-state index in [1.807, 2.05) is 13.8 Å². The molecule has 0 radical (unpaired) electrons. The van der Waals surface area contributed by atoms with E-state index in [1.54, 1.807) is 47.4 Å². The fraction of sp³-hybridized carbons (Fsp3) is 0.250. The zero-order valence-electron chi connectivity index (χ0n) is 19.6. The maximum Gasteiger partial charge on any atom is 0.274 e. The lowest BCUT2D eigenvalue weighted by atomic mass is 10.1. The lowest BCUT2D eigenvalue weighted by Crippen LogP contribution is -2.23. The highest BCUT2D eigenvalue weighted by Gasteiger charge is 2.15. The second kappa shape index (κ2) is 10.1. The average molecular weight is 498 g/mol. The standard InChI is InChI=1S/C24H24ClN5O5/c1-14(2)29-13-26-24-27-17(11-22(31)30(24)29)12-35-19-8-6-16(25)10-18(19)28-23(32)15-5-7-20(33-3)21(9-15)34-4/h5-11,13-14H,12H2,1-4H3,(H,28,32). The SMILES string of the molecule is COc1ccc(C(=O)Nc2cc(Cl)ccc2OCc2cc(=O)n3c(ncn3C(C)C)n2)cc1OC. The molecule has 0 unspecified atom stereocenters. The summed E-state index contributed by atoms with van der Waals surface area (Å²) in [7, 11) is 3.01. The number of hydrogen-bond donors (Lipinski definition) is 1. The minimum absolute atomic E-state index is 0.0128. The Morgan fingerprint density at radius 3 is 2.51 bits per heavy atom. The second-order valence-electron chi connectivity index (χ2n) is 7.87. The minimum atomic E-state index is -0.393. The molecule has 0 spiro atoms. The smallest absolute Gasteiger partial charge is 0.274 e. The first-order valence-corrected chi connectivity index (χ1v) is 11.1. The Hall–Kier alpha value is -4.05. The molecule has 0 fully saturated rings. The molecule has 1 N–H and O–H groups in total. The Bertz CT molecular complexity index is 1450. The van der Waals surface area contributed by atoms with Crippen LogP contribution in [0.25, 0.3) is 5.78 Å². The Labute approximate surface area is 206 Å². The van der Waals surface area contributed by atoms with Crippen LogP contribution in [0.5, 0.6) is 17.2 Å². The third-order valence-corrected chi connectivity index (χ3v) is 5.43. The molecule has 35 heavy (non-hydrogen) atoms. The number of ether oxygens (including phenoxy) is 3. The van der Waals surface area contributed by atoms with E-state index in [0.29, 0.717) is 39.2 Å². The zero-order chi connectivity index (χ0) is 25.1. The molecule has 0 aliphatic rings. The van der Waals surface area contributed by atoms with Crippen molar-refractivity contribution >= 4 is 29.0 Å². The van der Waals surface area contributed by atoms with Crippen LogP contribution < -0.4 is 25.1 Å². The molecule has 0 bridgehead atoms. The molecule has 2 aromatic heterocycles. The van der Waals surface area contributed by atoms with Gasteiger partial charge in [-0.25, -0.2) is 4.98 Å². The maximum absolute atomic E-state index is 12.9. The Morgan fingerprint density at radius 1 is 1.06 bits per heavy atom. The number of aromatic nitrogens is 4. The van der Waals surface area contributed by atoms with Crippen molar-refractivity contribution in [3.05, 3.63) is 75.4 Å². The highest BCUT2D eigenvalue weighted by Crippen LogP contribution is 2.31. The summed E-state index contributed by atoms with van der Waals surface area (Å²) in [5.74, 6) is 1.18. The fourth-order valence-corrected chi connectivity index (χ4v) is 3.63.